The van der Waals surface area contributed by atoms with Crippen LogP contribution in [-0.2, 0) is 4.74 Å². The van der Waals surface area contributed by atoms with E-state index in [1.165, 1.54) is 19.3 Å². The van der Waals surface area contributed by atoms with Crippen LogP contribution >= 0.6 is 11.8 Å². The molecule has 2 aliphatic rings. The van der Waals surface area contributed by atoms with E-state index in [0.717, 1.165) is 12.2 Å². The first-order chi connectivity index (χ1) is 7.83. The molecule has 4 atom stereocenters. The lowest BCUT2D eigenvalue weighted by Crippen LogP contribution is -2.18. The van der Waals surface area contributed by atoms with Crippen LogP contribution in [0.15, 0.2) is 12.2 Å². The molecule has 0 spiro atoms. The van der Waals surface area contributed by atoms with Gasteiger partial charge < -0.3 is 9.84 Å². The number of thioether (sulfide) groups is 1. The number of aliphatic hydroxyl groups excluding tert-OH is 1. The molecule has 2 heterocycles. The molecule has 2 bridgehead atoms. The van der Waals surface area contributed by atoms with E-state index in [0.29, 0.717) is 30.0 Å². The molecular formula is C13H22O2S. The Balaban J connectivity index is 1.68. The standard InChI is InChI=1S/C13H22O2S/c1-2-3-4-12(8-14)16-9-10-7-11-5-6-13(10)15-11/h5-6,10-14H,2-4,7-9H2,1H3. The van der Waals surface area contributed by atoms with Crippen LogP contribution in [0.1, 0.15) is 32.6 Å². The zero-order valence-corrected chi connectivity index (χ0v) is 10.8. The summed E-state index contributed by atoms with van der Waals surface area (Å²) >= 11 is 1.93. The van der Waals surface area contributed by atoms with Gasteiger partial charge in [-0.1, -0.05) is 31.9 Å². The second kappa shape index (κ2) is 6.08. The van der Waals surface area contributed by atoms with Crippen molar-refractivity contribution in [3.05, 3.63) is 12.2 Å². The van der Waals surface area contributed by atoms with E-state index < -0.39 is 0 Å². The van der Waals surface area contributed by atoms with E-state index in [-0.39, 0.29) is 0 Å². The lowest BCUT2D eigenvalue weighted by molar-refractivity contribution is 0.111. The van der Waals surface area contributed by atoms with E-state index in [1.807, 2.05) is 11.8 Å². The Hall–Kier alpha value is 0.01000. The lowest BCUT2D eigenvalue weighted by Gasteiger charge is -2.19. The molecule has 2 rings (SSSR count). The largest absolute Gasteiger partial charge is 0.395 e. The molecule has 2 aliphatic heterocycles. The highest BCUT2D eigenvalue weighted by Gasteiger charge is 2.36. The predicted molar refractivity (Wildman–Crippen MR) is 68.8 cm³/mol. The topological polar surface area (TPSA) is 29.5 Å². The van der Waals surface area contributed by atoms with Crippen LogP contribution in [-0.4, -0.2) is 34.9 Å². The summed E-state index contributed by atoms with van der Waals surface area (Å²) in [6, 6.07) is 0. The van der Waals surface area contributed by atoms with Gasteiger partial charge in [0.2, 0.25) is 0 Å². The minimum atomic E-state index is 0.322. The molecular weight excluding hydrogens is 220 g/mol. The summed E-state index contributed by atoms with van der Waals surface area (Å²) in [6.07, 6.45) is 9.92. The molecule has 0 aromatic heterocycles. The maximum Gasteiger partial charge on any atom is 0.0801 e. The number of hydrogen-bond acceptors (Lipinski definition) is 3. The van der Waals surface area contributed by atoms with Crippen molar-refractivity contribution in [3.8, 4) is 0 Å². The zero-order valence-electron chi connectivity index (χ0n) is 9.97. The van der Waals surface area contributed by atoms with Gasteiger partial charge in [0.1, 0.15) is 0 Å². The maximum atomic E-state index is 9.29. The Morgan fingerprint density at radius 3 is 2.94 bits per heavy atom. The smallest absolute Gasteiger partial charge is 0.0801 e. The van der Waals surface area contributed by atoms with Crippen molar-refractivity contribution in [2.75, 3.05) is 12.4 Å². The third-order valence-corrected chi connectivity index (χ3v) is 4.95. The fraction of sp³-hybridized carbons (Fsp3) is 0.846. The van der Waals surface area contributed by atoms with Gasteiger partial charge in [0.05, 0.1) is 18.8 Å². The van der Waals surface area contributed by atoms with Crippen LogP contribution in [0.2, 0.25) is 0 Å². The molecule has 16 heavy (non-hydrogen) atoms. The molecule has 0 aromatic carbocycles. The monoisotopic (exact) mass is 242 g/mol. The quantitative estimate of drug-likeness (QED) is 0.696. The van der Waals surface area contributed by atoms with Gasteiger partial charge in [-0.25, -0.2) is 0 Å². The molecule has 1 saturated heterocycles. The second-order valence-corrected chi connectivity index (χ2v) is 6.13. The zero-order chi connectivity index (χ0) is 11.4. The number of unbranched alkanes of at least 4 members (excludes halogenated alkanes) is 1. The second-order valence-electron chi connectivity index (χ2n) is 4.80. The summed E-state index contributed by atoms with van der Waals surface area (Å²) in [7, 11) is 0. The van der Waals surface area contributed by atoms with Crippen molar-refractivity contribution >= 4 is 11.8 Å². The molecule has 0 saturated carbocycles. The predicted octanol–water partition coefficient (Wildman–Crippen LogP) is 2.61. The minimum absolute atomic E-state index is 0.322. The van der Waals surface area contributed by atoms with Crippen LogP contribution < -0.4 is 0 Å². The number of fused-ring (bicyclic) bond motifs is 2. The Morgan fingerprint density at radius 1 is 1.50 bits per heavy atom. The van der Waals surface area contributed by atoms with Crippen molar-refractivity contribution in [1.82, 2.24) is 0 Å². The fourth-order valence-corrected chi connectivity index (χ4v) is 3.73. The molecule has 0 radical (unpaired) electrons. The van der Waals surface area contributed by atoms with Crippen LogP contribution in [0.5, 0.6) is 0 Å². The van der Waals surface area contributed by atoms with Crippen LogP contribution in [0.25, 0.3) is 0 Å². The summed E-state index contributed by atoms with van der Waals surface area (Å²) in [4.78, 5) is 0. The van der Waals surface area contributed by atoms with Crippen molar-refractivity contribution in [3.63, 3.8) is 0 Å². The first-order valence-electron chi connectivity index (χ1n) is 6.39. The lowest BCUT2D eigenvalue weighted by atomic mass is 9.96. The number of rotatable bonds is 7. The minimum Gasteiger partial charge on any atom is -0.395 e. The Bertz CT molecular complexity index is 242. The highest BCUT2D eigenvalue weighted by atomic mass is 32.2. The maximum absolute atomic E-state index is 9.29. The fourth-order valence-electron chi connectivity index (χ4n) is 2.44. The van der Waals surface area contributed by atoms with E-state index in [1.54, 1.807) is 0 Å². The Morgan fingerprint density at radius 2 is 2.38 bits per heavy atom. The van der Waals surface area contributed by atoms with Crippen molar-refractivity contribution in [2.24, 2.45) is 5.92 Å². The average Bonchev–Trinajstić information content (AvgIpc) is 2.91. The number of ether oxygens (including phenoxy) is 1. The summed E-state index contributed by atoms with van der Waals surface area (Å²) in [6.45, 7) is 2.52. The highest BCUT2D eigenvalue weighted by Crippen LogP contribution is 2.36. The SMILES string of the molecule is CCCCC(CO)SCC1CC2C=CC1O2. The van der Waals surface area contributed by atoms with E-state index in [9.17, 15) is 5.11 Å². The molecule has 0 aliphatic carbocycles. The van der Waals surface area contributed by atoms with Gasteiger partial charge in [-0.2, -0.15) is 11.8 Å². The van der Waals surface area contributed by atoms with Gasteiger partial charge in [-0.15, -0.1) is 0 Å². The normalized spacial score (nSPS) is 33.5. The average molecular weight is 242 g/mol. The highest BCUT2D eigenvalue weighted by molar-refractivity contribution is 7.99. The van der Waals surface area contributed by atoms with E-state index in [4.69, 9.17) is 4.74 Å². The number of aliphatic hydroxyl groups is 1. The van der Waals surface area contributed by atoms with Crippen molar-refractivity contribution in [2.45, 2.75) is 50.1 Å². The molecule has 3 heteroatoms. The molecule has 0 amide bonds. The van der Waals surface area contributed by atoms with Crippen LogP contribution in [0.4, 0.5) is 0 Å². The first-order valence-corrected chi connectivity index (χ1v) is 7.44. The summed E-state index contributed by atoms with van der Waals surface area (Å²) < 4.78 is 5.74. The Labute approximate surface area is 102 Å². The molecule has 92 valence electrons. The van der Waals surface area contributed by atoms with Crippen LogP contribution in [0.3, 0.4) is 0 Å². The summed E-state index contributed by atoms with van der Waals surface area (Å²) in [5.41, 5.74) is 0. The van der Waals surface area contributed by atoms with Gasteiger partial charge >= 0.3 is 0 Å². The number of hydrogen-bond donors (Lipinski definition) is 1. The first kappa shape index (κ1) is 12.5. The third-order valence-electron chi connectivity index (χ3n) is 3.48. The van der Waals surface area contributed by atoms with Crippen molar-refractivity contribution < 1.29 is 9.84 Å². The van der Waals surface area contributed by atoms with Gasteiger partial charge in [0.25, 0.3) is 0 Å². The molecule has 4 unspecified atom stereocenters. The van der Waals surface area contributed by atoms with Crippen molar-refractivity contribution in [1.29, 1.82) is 0 Å². The van der Waals surface area contributed by atoms with Gasteiger partial charge in [0.15, 0.2) is 0 Å². The molecule has 1 N–H and O–H groups in total. The van der Waals surface area contributed by atoms with Gasteiger partial charge in [-0.05, 0) is 18.6 Å². The summed E-state index contributed by atoms with van der Waals surface area (Å²) in [5.74, 6) is 1.82. The van der Waals surface area contributed by atoms with E-state index >= 15 is 0 Å². The molecule has 0 aromatic rings. The van der Waals surface area contributed by atoms with Gasteiger partial charge in [-0.3, -0.25) is 0 Å². The van der Waals surface area contributed by atoms with Crippen LogP contribution in [0, 0.1) is 5.92 Å². The van der Waals surface area contributed by atoms with E-state index in [2.05, 4.69) is 19.1 Å². The Kier molecular flexibility index (Phi) is 4.74. The van der Waals surface area contributed by atoms with Gasteiger partial charge in [0, 0.05) is 11.2 Å². The molecule has 2 nitrogen and oxygen atoms in total. The molecule has 1 fully saturated rings. The third kappa shape index (κ3) is 3.02. The summed E-state index contributed by atoms with van der Waals surface area (Å²) in [5, 5.41) is 9.73.